The number of hydrogen-bond donors (Lipinski definition) is 1. The highest BCUT2D eigenvalue weighted by Crippen LogP contribution is 2.31. The molecule has 2 fully saturated rings. The van der Waals surface area contributed by atoms with Crippen molar-refractivity contribution in [2.75, 3.05) is 25.5 Å². The zero-order valence-electron chi connectivity index (χ0n) is 10.1. The van der Waals surface area contributed by atoms with Crippen LogP contribution < -0.4 is 5.32 Å². The number of aromatic nitrogens is 2. The maximum atomic E-state index is 5.41. The van der Waals surface area contributed by atoms with Crippen LogP contribution in [0.2, 0.25) is 0 Å². The van der Waals surface area contributed by atoms with Crippen molar-refractivity contribution in [3.63, 3.8) is 0 Å². The quantitative estimate of drug-likeness (QED) is 0.876. The summed E-state index contributed by atoms with van der Waals surface area (Å²) in [5.41, 5.74) is 0.216. The molecule has 6 nitrogen and oxygen atoms in total. The van der Waals surface area contributed by atoms with E-state index in [0.29, 0.717) is 12.4 Å². The highest BCUT2D eigenvalue weighted by atomic mass is 32.2. The van der Waals surface area contributed by atoms with Crippen molar-refractivity contribution in [3.05, 3.63) is 12.2 Å². The Labute approximate surface area is 110 Å². The molecule has 3 heterocycles. The van der Waals surface area contributed by atoms with Crippen LogP contribution in [0, 0.1) is 0 Å². The van der Waals surface area contributed by atoms with Gasteiger partial charge in [-0.25, -0.2) is 0 Å². The summed E-state index contributed by atoms with van der Waals surface area (Å²) >= 11 is 1.80. The number of ether oxygens (including phenoxy) is 1. The number of hydrogen-bond acceptors (Lipinski definition) is 6. The van der Waals surface area contributed by atoms with Gasteiger partial charge in [-0.1, -0.05) is 16.9 Å². The van der Waals surface area contributed by atoms with E-state index < -0.39 is 0 Å². The monoisotopic (exact) mass is 268 g/mol. The van der Waals surface area contributed by atoms with Crippen LogP contribution in [-0.4, -0.2) is 46.4 Å². The van der Waals surface area contributed by atoms with E-state index in [0.717, 1.165) is 43.4 Å². The third kappa shape index (κ3) is 2.67. The standard InChI is InChI=1S/C11H16N4O2S/c1(9-13-8-17-15-9)4-12-10-14-11(7-18-10)2-5-16-6-3-11/h8H,1-7H2,(H,12,14). The van der Waals surface area contributed by atoms with E-state index in [1.165, 1.54) is 6.39 Å². The lowest BCUT2D eigenvalue weighted by molar-refractivity contribution is 0.0555. The van der Waals surface area contributed by atoms with E-state index >= 15 is 0 Å². The zero-order valence-corrected chi connectivity index (χ0v) is 10.9. The van der Waals surface area contributed by atoms with Crippen LogP contribution in [0.4, 0.5) is 0 Å². The molecule has 2 saturated heterocycles. The topological polar surface area (TPSA) is 72.5 Å². The predicted molar refractivity (Wildman–Crippen MR) is 68.7 cm³/mol. The summed E-state index contributed by atoms with van der Waals surface area (Å²) in [7, 11) is 0. The molecule has 0 radical (unpaired) electrons. The highest BCUT2D eigenvalue weighted by molar-refractivity contribution is 8.14. The first-order valence-electron chi connectivity index (χ1n) is 6.15. The van der Waals surface area contributed by atoms with Crippen molar-refractivity contribution in [3.8, 4) is 0 Å². The minimum Gasteiger partial charge on any atom is -0.381 e. The number of aliphatic imine (C=N–C) groups is 1. The second-order valence-electron chi connectivity index (χ2n) is 4.59. The largest absolute Gasteiger partial charge is 0.381 e. The molecule has 3 rings (SSSR count). The van der Waals surface area contributed by atoms with Gasteiger partial charge in [-0.05, 0) is 12.8 Å². The van der Waals surface area contributed by atoms with E-state index in [2.05, 4.69) is 25.0 Å². The fourth-order valence-corrected chi connectivity index (χ4v) is 3.43. The van der Waals surface area contributed by atoms with Crippen molar-refractivity contribution in [1.29, 1.82) is 0 Å². The summed E-state index contributed by atoms with van der Waals surface area (Å²) < 4.78 is 10.1. The van der Waals surface area contributed by atoms with Crippen LogP contribution in [-0.2, 0) is 11.2 Å². The molecule has 2 aliphatic heterocycles. The Hall–Kier alpha value is -1.08. The summed E-state index contributed by atoms with van der Waals surface area (Å²) in [6.07, 6.45) is 4.22. The van der Waals surface area contributed by atoms with Gasteiger partial charge in [0.05, 0.1) is 5.54 Å². The van der Waals surface area contributed by atoms with Crippen LogP contribution in [0.1, 0.15) is 18.7 Å². The molecule has 1 N–H and O–H groups in total. The lowest BCUT2D eigenvalue weighted by Crippen LogP contribution is -2.48. The van der Waals surface area contributed by atoms with Crippen molar-refractivity contribution < 1.29 is 9.26 Å². The van der Waals surface area contributed by atoms with E-state index in [-0.39, 0.29) is 5.54 Å². The summed E-state index contributed by atoms with van der Waals surface area (Å²) in [5, 5.41) is 8.36. The molecule has 0 aromatic carbocycles. The van der Waals surface area contributed by atoms with Gasteiger partial charge in [-0.2, -0.15) is 4.98 Å². The van der Waals surface area contributed by atoms with E-state index in [1.807, 2.05) is 0 Å². The lowest BCUT2D eigenvalue weighted by atomic mass is 9.93. The molecule has 7 heteroatoms. The zero-order chi connectivity index (χ0) is 12.3. The Morgan fingerprint density at radius 2 is 2.33 bits per heavy atom. The van der Waals surface area contributed by atoms with Gasteiger partial charge in [0.1, 0.15) is 0 Å². The molecule has 1 aromatic heterocycles. The molecule has 0 amide bonds. The Kier molecular flexibility index (Phi) is 3.51. The van der Waals surface area contributed by atoms with Gasteiger partial charge in [0.15, 0.2) is 11.0 Å². The van der Waals surface area contributed by atoms with Crippen LogP contribution in [0.15, 0.2) is 15.9 Å². The van der Waals surface area contributed by atoms with E-state index in [4.69, 9.17) is 4.74 Å². The Bertz CT molecular complexity index is 415. The fourth-order valence-electron chi connectivity index (χ4n) is 2.18. The van der Waals surface area contributed by atoms with Gasteiger partial charge in [-0.3, -0.25) is 4.99 Å². The van der Waals surface area contributed by atoms with E-state index in [9.17, 15) is 0 Å². The van der Waals surface area contributed by atoms with Crippen molar-refractivity contribution >= 4 is 16.9 Å². The van der Waals surface area contributed by atoms with Crippen molar-refractivity contribution in [2.45, 2.75) is 24.8 Å². The van der Waals surface area contributed by atoms with Gasteiger partial charge in [-0.15, -0.1) is 0 Å². The molecular weight excluding hydrogens is 252 g/mol. The van der Waals surface area contributed by atoms with Crippen LogP contribution in [0.25, 0.3) is 0 Å². The number of rotatable bonds is 3. The molecule has 18 heavy (non-hydrogen) atoms. The molecule has 0 bridgehead atoms. The average molecular weight is 268 g/mol. The smallest absolute Gasteiger partial charge is 0.213 e. The fraction of sp³-hybridized carbons (Fsp3) is 0.727. The SMILES string of the molecule is c1nc(CCN=C2NC3(CCOCC3)CS2)no1. The third-order valence-electron chi connectivity index (χ3n) is 3.30. The van der Waals surface area contributed by atoms with Gasteiger partial charge < -0.3 is 14.6 Å². The van der Waals surface area contributed by atoms with Gasteiger partial charge >= 0.3 is 0 Å². The number of nitrogens with one attached hydrogen (secondary N) is 1. The number of thioether (sulfide) groups is 1. The minimum atomic E-state index is 0.216. The molecule has 0 aliphatic carbocycles. The van der Waals surface area contributed by atoms with Crippen molar-refractivity contribution in [1.82, 2.24) is 15.5 Å². The first kappa shape index (κ1) is 12.0. The lowest BCUT2D eigenvalue weighted by Gasteiger charge is -2.32. The first-order valence-corrected chi connectivity index (χ1v) is 7.13. The minimum absolute atomic E-state index is 0.216. The maximum Gasteiger partial charge on any atom is 0.213 e. The molecular formula is C11H16N4O2S. The Morgan fingerprint density at radius 3 is 3.11 bits per heavy atom. The molecule has 0 saturated carbocycles. The molecule has 0 unspecified atom stereocenters. The Balaban J connectivity index is 1.51. The molecule has 98 valence electrons. The number of nitrogens with zero attached hydrogens (tertiary/aromatic N) is 3. The van der Waals surface area contributed by atoms with E-state index in [1.54, 1.807) is 11.8 Å². The molecule has 0 atom stereocenters. The predicted octanol–water partition coefficient (Wildman–Crippen LogP) is 0.854. The Morgan fingerprint density at radius 1 is 1.44 bits per heavy atom. The molecule has 1 spiro atoms. The summed E-state index contributed by atoms with van der Waals surface area (Å²) in [6.45, 7) is 2.40. The van der Waals surface area contributed by atoms with Crippen molar-refractivity contribution in [2.24, 2.45) is 4.99 Å². The summed E-state index contributed by atoms with van der Waals surface area (Å²) in [4.78, 5) is 8.53. The summed E-state index contributed by atoms with van der Waals surface area (Å²) in [6, 6.07) is 0. The average Bonchev–Trinajstić information content (AvgIpc) is 3.02. The van der Waals surface area contributed by atoms with Crippen LogP contribution in [0.5, 0.6) is 0 Å². The van der Waals surface area contributed by atoms with Crippen LogP contribution in [0.3, 0.4) is 0 Å². The summed E-state index contributed by atoms with van der Waals surface area (Å²) in [5.74, 6) is 1.81. The second-order valence-corrected chi connectivity index (χ2v) is 5.55. The highest BCUT2D eigenvalue weighted by Gasteiger charge is 2.38. The second kappa shape index (κ2) is 5.27. The third-order valence-corrected chi connectivity index (χ3v) is 4.51. The van der Waals surface area contributed by atoms with Crippen LogP contribution >= 0.6 is 11.8 Å². The van der Waals surface area contributed by atoms with Gasteiger partial charge in [0.2, 0.25) is 6.39 Å². The van der Waals surface area contributed by atoms with Gasteiger partial charge in [0, 0.05) is 31.9 Å². The normalized spacial score (nSPS) is 24.6. The first-order chi connectivity index (χ1) is 8.86. The maximum absolute atomic E-state index is 5.41. The molecule has 2 aliphatic rings. The van der Waals surface area contributed by atoms with Gasteiger partial charge in [0.25, 0.3) is 0 Å². The molecule has 1 aromatic rings. The number of amidine groups is 1.